The maximum absolute atomic E-state index is 11.3. The predicted octanol–water partition coefficient (Wildman–Crippen LogP) is 1.61. The summed E-state index contributed by atoms with van der Waals surface area (Å²) in [7, 11) is 0. The molecule has 0 atom stereocenters. The number of nitrogens with zero attached hydrogens (tertiary/aromatic N) is 1. The lowest BCUT2D eigenvalue weighted by molar-refractivity contribution is -0.107. The second-order valence-electron chi connectivity index (χ2n) is 2.62. The summed E-state index contributed by atoms with van der Waals surface area (Å²) < 4.78 is 15.8. The SMILES string of the molecule is O=CCCc1cc(OC(=O)OF)ccn1. The van der Waals surface area contributed by atoms with Crippen LogP contribution in [0.25, 0.3) is 0 Å². The number of hydrogen-bond donors (Lipinski definition) is 0. The van der Waals surface area contributed by atoms with Crippen molar-refractivity contribution in [2.75, 3.05) is 0 Å². The molecule has 0 aliphatic rings. The number of aromatic nitrogens is 1. The monoisotopic (exact) mass is 213 g/mol. The summed E-state index contributed by atoms with van der Waals surface area (Å²) in [6.07, 6.45) is 1.46. The molecule has 0 saturated carbocycles. The van der Waals surface area contributed by atoms with Crippen molar-refractivity contribution in [2.24, 2.45) is 0 Å². The van der Waals surface area contributed by atoms with Gasteiger partial charge in [0.15, 0.2) is 0 Å². The van der Waals surface area contributed by atoms with Crippen molar-refractivity contribution >= 4 is 12.4 Å². The number of pyridine rings is 1. The van der Waals surface area contributed by atoms with Crippen LogP contribution < -0.4 is 4.74 Å². The maximum Gasteiger partial charge on any atom is 0.550 e. The lowest BCUT2D eigenvalue weighted by Crippen LogP contribution is -2.05. The van der Waals surface area contributed by atoms with Crippen molar-refractivity contribution in [3.05, 3.63) is 24.0 Å². The van der Waals surface area contributed by atoms with E-state index in [1.165, 1.54) is 18.3 Å². The summed E-state index contributed by atoms with van der Waals surface area (Å²) >= 11 is 0. The highest BCUT2D eigenvalue weighted by Gasteiger charge is 2.06. The third-order valence-electron chi connectivity index (χ3n) is 1.57. The number of aryl methyl sites for hydroxylation is 1. The van der Waals surface area contributed by atoms with Gasteiger partial charge < -0.3 is 9.53 Å². The van der Waals surface area contributed by atoms with E-state index in [1.807, 2.05) is 0 Å². The predicted molar refractivity (Wildman–Crippen MR) is 46.8 cm³/mol. The molecular weight excluding hydrogens is 205 g/mol. The number of halogens is 1. The number of aldehydes is 1. The molecule has 0 aliphatic carbocycles. The molecule has 0 saturated heterocycles. The van der Waals surface area contributed by atoms with Gasteiger partial charge in [-0.3, -0.25) is 4.98 Å². The minimum atomic E-state index is -1.44. The lowest BCUT2D eigenvalue weighted by atomic mass is 10.2. The molecule has 1 rings (SSSR count). The fourth-order valence-corrected chi connectivity index (χ4v) is 0.975. The standard InChI is InChI=1S/C9H8FNO4/c10-15-9(13)14-8-3-4-11-7(6-8)2-1-5-12/h3-6H,1-2H2. The van der Waals surface area contributed by atoms with E-state index in [4.69, 9.17) is 0 Å². The Morgan fingerprint density at radius 1 is 1.60 bits per heavy atom. The quantitative estimate of drug-likeness (QED) is 0.561. The van der Waals surface area contributed by atoms with Crippen molar-refractivity contribution in [2.45, 2.75) is 12.8 Å². The van der Waals surface area contributed by atoms with Crippen molar-refractivity contribution in [3.63, 3.8) is 0 Å². The van der Waals surface area contributed by atoms with Crippen LogP contribution in [0.15, 0.2) is 18.3 Å². The van der Waals surface area contributed by atoms with E-state index >= 15 is 0 Å². The van der Waals surface area contributed by atoms with Gasteiger partial charge in [0.05, 0.1) is 0 Å². The number of carbonyl (C=O) groups is 2. The summed E-state index contributed by atoms with van der Waals surface area (Å²) in [6, 6.07) is 2.81. The zero-order valence-electron chi connectivity index (χ0n) is 7.68. The van der Waals surface area contributed by atoms with Gasteiger partial charge in [-0.05, 0) is 12.5 Å². The number of carbonyl (C=O) groups excluding carboxylic acids is 2. The second kappa shape index (κ2) is 5.69. The average molecular weight is 213 g/mol. The molecule has 0 amide bonds. The summed E-state index contributed by atoms with van der Waals surface area (Å²) in [5.74, 6) is 0.119. The van der Waals surface area contributed by atoms with E-state index in [1.54, 1.807) is 0 Å². The minimum Gasteiger partial charge on any atom is -0.393 e. The van der Waals surface area contributed by atoms with E-state index in [2.05, 4.69) is 14.7 Å². The first-order valence-electron chi connectivity index (χ1n) is 4.15. The highest BCUT2D eigenvalue weighted by molar-refractivity contribution is 5.62. The summed E-state index contributed by atoms with van der Waals surface area (Å²) in [4.78, 5) is 27.3. The molecule has 1 aromatic heterocycles. The zero-order chi connectivity index (χ0) is 11.1. The Morgan fingerprint density at radius 3 is 3.07 bits per heavy atom. The molecule has 0 unspecified atom stereocenters. The summed E-state index contributed by atoms with van der Waals surface area (Å²) in [6.45, 7) is 0. The highest BCUT2D eigenvalue weighted by Crippen LogP contribution is 2.12. The minimum absolute atomic E-state index is 0.119. The van der Waals surface area contributed by atoms with Crippen LogP contribution in [0, 0.1) is 0 Å². The van der Waals surface area contributed by atoms with E-state index < -0.39 is 6.16 Å². The fourth-order valence-electron chi connectivity index (χ4n) is 0.975. The van der Waals surface area contributed by atoms with E-state index in [9.17, 15) is 14.1 Å². The topological polar surface area (TPSA) is 65.5 Å². The van der Waals surface area contributed by atoms with Crippen molar-refractivity contribution in [3.8, 4) is 5.75 Å². The van der Waals surface area contributed by atoms with Gasteiger partial charge in [0, 0.05) is 28.9 Å². The molecular formula is C9H8FNO4. The van der Waals surface area contributed by atoms with Crippen molar-refractivity contribution in [1.82, 2.24) is 4.98 Å². The third-order valence-corrected chi connectivity index (χ3v) is 1.57. The van der Waals surface area contributed by atoms with Gasteiger partial charge in [-0.2, -0.15) is 4.79 Å². The molecule has 80 valence electrons. The largest absolute Gasteiger partial charge is 0.550 e. The summed E-state index contributed by atoms with van der Waals surface area (Å²) in [5.41, 5.74) is 0.575. The van der Waals surface area contributed by atoms with Crippen LogP contribution in [0.1, 0.15) is 12.1 Å². The lowest BCUT2D eigenvalue weighted by Gasteiger charge is -2.01. The molecule has 1 heterocycles. The van der Waals surface area contributed by atoms with Gasteiger partial charge in [0.2, 0.25) is 0 Å². The Kier molecular flexibility index (Phi) is 4.21. The number of ether oxygens (including phenoxy) is 1. The zero-order valence-corrected chi connectivity index (χ0v) is 7.68. The maximum atomic E-state index is 11.3. The smallest absolute Gasteiger partial charge is 0.393 e. The third kappa shape index (κ3) is 3.72. The van der Waals surface area contributed by atoms with Crippen molar-refractivity contribution < 1.29 is 23.8 Å². The van der Waals surface area contributed by atoms with E-state index in [-0.39, 0.29) is 5.75 Å². The molecule has 0 radical (unpaired) electrons. The molecule has 0 aromatic carbocycles. The van der Waals surface area contributed by atoms with Crippen molar-refractivity contribution in [1.29, 1.82) is 0 Å². The fraction of sp³-hybridized carbons (Fsp3) is 0.222. The molecule has 6 heteroatoms. The van der Waals surface area contributed by atoms with Gasteiger partial charge in [-0.15, -0.1) is 0 Å². The second-order valence-corrected chi connectivity index (χ2v) is 2.62. The van der Waals surface area contributed by atoms with Gasteiger partial charge in [0.25, 0.3) is 0 Å². The number of rotatable bonds is 4. The van der Waals surface area contributed by atoms with Crippen LogP contribution in [0.5, 0.6) is 5.75 Å². The molecule has 5 nitrogen and oxygen atoms in total. The Bertz CT molecular complexity index is 356. The Labute approximate surface area is 84.7 Å². The van der Waals surface area contributed by atoms with Gasteiger partial charge in [-0.25, -0.2) is 4.94 Å². The normalized spacial score (nSPS) is 9.40. The van der Waals surface area contributed by atoms with Crippen LogP contribution in [0.2, 0.25) is 0 Å². The van der Waals surface area contributed by atoms with Crippen LogP contribution in [0.4, 0.5) is 9.32 Å². The molecule has 0 bridgehead atoms. The van der Waals surface area contributed by atoms with Crippen LogP contribution in [-0.4, -0.2) is 17.4 Å². The van der Waals surface area contributed by atoms with Crippen LogP contribution in [-0.2, 0) is 16.2 Å². The summed E-state index contributed by atoms with van der Waals surface area (Å²) in [5, 5.41) is 0. The van der Waals surface area contributed by atoms with Gasteiger partial charge >= 0.3 is 6.16 Å². The Balaban J connectivity index is 2.65. The Hall–Kier alpha value is -1.98. The molecule has 0 aliphatic heterocycles. The molecule has 0 fully saturated rings. The van der Waals surface area contributed by atoms with Crippen LogP contribution in [0.3, 0.4) is 0 Å². The van der Waals surface area contributed by atoms with E-state index in [0.29, 0.717) is 18.5 Å². The first-order chi connectivity index (χ1) is 7.26. The van der Waals surface area contributed by atoms with Crippen LogP contribution >= 0.6 is 0 Å². The van der Waals surface area contributed by atoms with Gasteiger partial charge in [0.1, 0.15) is 12.0 Å². The molecule has 15 heavy (non-hydrogen) atoms. The highest BCUT2D eigenvalue weighted by atomic mass is 19.3. The van der Waals surface area contributed by atoms with E-state index in [0.717, 1.165) is 6.29 Å². The molecule has 1 aromatic rings. The Morgan fingerprint density at radius 2 is 2.40 bits per heavy atom. The number of hydrogen-bond acceptors (Lipinski definition) is 5. The average Bonchev–Trinajstić information content (AvgIpc) is 2.26. The van der Waals surface area contributed by atoms with Gasteiger partial charge in [-0.1, -0.05) is 0 Å². The first kappa shape index (κ1) is 11.1. The first-order valence-corrected chi connectivity index (χ1v) is 4.15. The molecule has 0 N–H and O–H groups in total. The molecule has 0 spiro atoms.